The van der Waals surface area contributed by atoms with E-state index in [1.165, 1.54) is 0 Å². The van der Waals surface area contributed by atoms with Gasteiger partial charge >= 0.3 is 0 Å². The second kappa shape index (κ2) is 7.17. The molecule has 25 heavy (non-hydrogen) atoms. The molecule has 0 bridgehead atoms. The third kappa shape index (κ3) is 4.60. The van der Waals surface area contributed by atoms with Crippen LogP contribution in [0.3, 0.4) is 0 Å². The molecule has 1 saturated heterocycles. The molecule has 1 aromatic carbocycles. The van der Waals surface area contributed by atoms with Crippen LogP contribution in [0.1, 0.15) is 18.9 Å². The molecule has 2 atom stereocenters. The number of nitrogens with zero attached hydrogens (tertiary/aromatic N) is 2. The molecule has 134 valence electrons. The summed E-state index contributed by atoms with van der Waals surface area (Å²) in [5, 5.41) is 10.6. The van der Waals surface area contributed by atoms with Crippen molar-refractivity contribution in [3.05, 3.63) is 29.8 Å². The number of thioether (sulfide) groups is 1. The average molecular weight is 381 g/mol. The predicted molar refractivity (Wildman–Crippen MR) is 95.0 cm³/mol. The molecule has 1 aromatic heterocycles. The lowest BCUT2D eigenvalue weighted by atomic mass is 10.1. The van der Waals surface area contributed by atoms with Crippen LogP contribution < -0.4 is 5.32 Å². The second-order valence-corrected chi connectivity index (χ2v) is 9.63. The van der Waals surface area contributed by atoms with Gasteiger partial charge in [-0.15, -0.1) is 10.2 Å². The molecule has 2 aromatic rings. The van der Waals surface area contributed by atoms with Gasteiger partial charge in [-0.1, -0.05) is 29.5 Å². The van der Waals surface area contributed by atoms with E-state index < -0.39 is 15.1 Å². The van der Waals surface area contributed by atoms with Crippen molar-refractivity contribution in [3.63, 3.8) is 0 Å². The molecule has 1 fully saturated rings. The Morgan fingerprint density at radius 3 is 2.68 bits per heavy atom. The van der Waals surface area contributed by atoms with E-state index in [0.29, 0.717) is 17.5 Å². The van der Waals surface area contributed by atoms with Crippen LogP contribution in [0.4, 0.5) is 0 Å². The Hall–Kier alpha value is -1.87. The van der Waals surface area contributed by atoms with Crippen LogP contribution in [0.25, 0.3) is 11.5 Å². The summed E-state index contributed by atoms with van der Waals surface area (Å²) in [7, 11) is -3.02. The van der Waals surface area contributed by atoms with Crippen LogP contribution in [0.5, 0.6) is 0 Å². The van der Waals surface area contributed by atoms with Gasteiger partial charge in [0.05, 0.1) is 16.8 Å². The highest BCUT2D eigenvalue weighted by atomic mass is 32.2. The molecule has 0 spiro atoms. The zero-order valence-electron chi connectivity index (χ0n) is 13.9. The fourth-order valence-corrected chi connectivity index (χ4v) is 4.87. The Kier molecular flexibility index (Phi) is 5.14. The van der Waals surface area contributed by atoms with E-state index in [4.69, 9.17) is 4.42 Å². The van der Waals surface area contributed by atoms with E-state index in [9.17, 15) is 13.2 Å². The number of rotatable bonds is 5. The van der Waals surface area contributed by atoms with E-state index in [2.05, 4.69) is 15.5 Å². The normalized spacial score (nSPS) is 20.3. The maximum Gasteiger partial charge on any atom is 0.277 e. The van der Waals surface area contributed by atoms with Crippen molar-refractivity contribution in [2.75, 3.05) is 11.5 Å². The molecule has 2 heterocycles. The number of sulfone groups is 1. The molecule has 1 aliphatic rings. The van der Waals surface area contributed by atoms with Crippen LogP contribution >= 0.6 is 11.8 Å². The second-order valence-electron chi connectivity index (χ2n) is 6.11. The molecule has 0 unspecified atom stereocenters. The molecule has 3 rings (SSSR count). The third-order valence-electron chi connectivity index (χ3n) is 3.93. The SMILES string of the molecule is Cc1ccc(-c2nnc(S[C@@H](C)C(=O)N[C@@H]3CCS(=O)(=O)C3)o2)cc1. The number of hydrogen-bond acceptors (Lipinski definition) is 7. The first-order chi connectivity index (χ1) is 11.8. The number of hydrogen-bond donors (Lipinski definition) is 1. The smallest absolute Gasteiger partial charge is 0.277 e. The summed E-state index contributed by atoms with van der Waals surface area (Å²) in [6, 6.07) is 7.39. The van der Waals surface area contributed by atoms with E-state index in [-0.39, 0.29) is 23.5 Å². The standard InChI is InChI=1S/C16H19N3O4S2/c1-10-3-5-12(6-4-10)15-18-19-16(23-15)24-11(2)14(20)17-13-7-8-25(21,22)9-13/h3-6,11,13H,7-9H2,1-2H3,(H,17,20)/t11-,13+/m0/s1. The first-order valence-corrected chi connectivity index (χ1v) is 10.6. The number of aromatic nitrogens is 2. The summed E-state index contributed by atoms with van der Waals surface area (Å²) in [5.74, 6) is 0.302. The number of carbonyl (C=O) groups is 1. The molecule has 0 radical (unpaired) electrons. The molecular formula is C16H19N3O4S2. The molecular weight excluding hydrogens is 362 g/mol. The van der Waals surface area contributed by atoms with Gasteiger partial charge in [0.15, 0.2) is 9.84 Å². The van der Waals surface area contributed by atoms with E-state index in [1.807, 2.05) is 31.2 Å². The average Bonchev–Trinajstić information content (AvgIpc) is 3.14. The molecule has 0 aliphatic carbocycles. The third-order valence-corrected chi connectivity index (χ3v) is 6.63. The highest BCUT2D eigenvalue weighted by Crippen LogP contribution is 2.26. The van der Waals surface area contributed by atoms with Gasteiger partial charge in [0.2, 0.25) is 11.8 Å². The van der Waals surface area contributed by atoms with Crippen molar-refractivity contribution >= 4 is 27.5 Å². The van der Waals surface area contributed by atoms with Crippen molar-refractivity contribution in [1.29, 1.82) is 0 Å². The monoisotopic (exact) mass is 381 g/mol. The first-order valence-electron chi connectivity index (χ1n) is 7.90. The molecule has 1 N–H and O–H groups in total. The van der Waals surface area contributed by atoms with Gasteiger partial charge in [-0.25, -0.2) is 8.42 Å². The maximum absolute atomic E-state index is 12.2. The number of aryl methyl sites for hydroxylation is 1. The summed E-state index contributed by atoms with van der Waals surface area (Å²) in [4.78, 5) is 12.2. The van der Waals surface area contributed by atoms with Crippen molar-refractivity contribution in [2.45, 2.75) is 36.8 Å². The molecule has 1 amide bonds. The lowest BCUT2D eigenvalue weighted by molar-refractivity contribution is -0.120. The summed E-state index contributed by atoms with van der Waals surface area (Å²) in [6.45, 7) is 3.72. The fraction of sp³-hybridized carbons (Fsp3) is 0.438. The van der Waals surface area contributed by atoms with Gasteiger partial charge in [-0.05, 0) is 32.4 Å². The van der Waals surface area contributed by atoms with Gasteiger partial charge in [0.25, 0.3) is 5.22 Å². The summed E-state index contributed by atoms with van der Waals surface area (Å²) < 4.78 is 28.5. The minimum atomic E-state index is -3.02. The van der Waals surface area contributed by atoms with Crippen LogP contribution in [0.2, 0.25) is 0 Å². The largest absolute Gasteiger partial charge is 0.411 e. The van der Waals surface area contributed by atoms with Crippen LogP contribution in [0.15, 0.2) is 33.9 Å². The van der Waals surface area contributed by atoms with E-state index in [1.54, 1.807) is 6.92 Å². The first kappa shape index (κ1) is 17.9. The topological polar surface area (TPSA) is 102 Å². The maximum atomic E-state index is 12.2. The zero-order valence-corrected chi connectivity index (χ0v) is 15.6. The highest BCUT2D eigenvalue weighted by molar-refractivity contribution is 8.00. The predicted octanol–water partition coefficient (Wildman–Crippen LogP) is 1.83. The number of amides is 1. The molecule has 7 nitrogen and oxygen atoms in total. The minimum Gasteiger partial charge on any atom is -0.411 e. The highest BCUT2D eigenvalue weighted by Gasteiger charge is 2.30. The Balaban J connectivity index is 1.58. The lowest BCUT2D eigenvalue weighted by Crippen LogP contribution is -2.39. The van der Waals surface area contributed by atoms with Crippen molar-refractivity contribution in [3.8, 4) is 11.5 Å². The Morgan fingerprint density at radius 1 is 1.32 bits per heavy atom. The van der Waals surface area contributed by atoms with Gasteiger partial charge < -0.3 is 9.73 Å². The summed E-state index contributed by atoms with van der Waals surface area (Å²) in [5.41, 5.74) is 1.95. The van der Waals surface area contributed by atoms with E-state index in [0.717, 1.165) is 22.9 Å². The zero-order chi connectivity index (χ0) is 18.0. The fourth-order valence-electron chi connectivity index (χ4n) is 2.50. The number of carbonyl (C=O) groups excluding carboxylic acids is 1. The molecule has 9 heteroatoms. The number of nitrogens with one attached hydrogen (secondary N) is 1. The van der Waals surface area contributed by atoms with Crippen LogP contribution in [-0.2, 0) is 14.6 Å². The quantitative estimate of drug-likeness (QED) is 0.788. The van der Waals surface area contributed by atoms with Crippen LogP contribution in [-0.4, -0.2) is 47.3 Å². The minimum absolute atomic E-state index is 0.00819. The van der Waals surface area contributed by atoms with Crippen molar-refractivity contribution in [2.24, 2.45) is 0 Å². The van der Waals surface area contributed by atoms with Gasteiger partial charge in [-0.3, -0.25) is 4.79 Å². The van der Waals surface area contributed by atoms with Crippen LogP contribution in [0, 0.1) is 6.92 Å². The Bertz CT molecular complexity index is 862. The number of benzene rings is 1. The van der Waals surface area contributed by atoms with Gasteiger partial charge in [0, 0.05) is 11.6 Å². The van der Waals surface area contributed by atoms with Gasteiger partial charge in [0.1, 0.15) is 0 Å². The van der Waals surface area contributed by atoms with Gasteiger partial charge in [-0.2, -0.15) is 0 Å². The van der Waals surface area contributed by atoms with E-state index >= 15 is 0 Å². The lowest BCUT2D eigenvalue weighted by Gasteiger charge is -2.14. The molecule has 0 saturated carbocycles. The van der Waals surface area contributed by atoms with Crippen molar-refractivity contribution in [1.82, 2.24) is 15.5 Å². The Labute approximate surface area is 150 Å². The van der Waals surface area contributed by atoms with Crippen molar-refractivity contribution < 1.29 is 17.6 Å². The Morgan fingerprint density at radius 2 is 2.04 bits per heavy atom. The molecule has 1 aliphatic heterocycles. The summed E-state index contributed by atoms with van der Waals surface area (Å²) in [6.07, 6.45) is 0.462. The summed E-state index contributed by atoms with van der Waals surface area (Å²) >= 11 is 1.15.